The molecule has 9 nitrogen and oxygen atoms in total. The average Bonchev–Trinajstić information content (AvgIpc) is 3.22. The molecule has 2 heterocycles. The number of hydrogen-bond donors (Lipinski definition) is 1. The lowest BCUT2D eigenvalue weighted by Crippen LogP contribution is -2.44. The van der Waals surface area contributed by atoms with Crippen LogP contribution in [0, 0.1) is 10.1 Å². The molecule has 2 amide bonds. The Morgan fingerprint density at radius 1 is 1.03 bits per heavy atom. The van der Waals surface area contributed by atoms with Crippen molar-refractivity contribution in [1.29, 1.82) is 0 Å². The number of amides is 2. The molecule has 0 radical (unpaired) electrons. The molecular weight excluding hydrogens is 460 g/mol. The number of para-hydroxylation sites is 1. The monoisotopic (exact) mass is 484 g/mol. The van der Waals surface area contributed by atoms with Crippen molar-refractivity contribution < 1.29 is 19.2 Å². The van der Waals surface area contributed by atoms with E-state index in [1.165, 1.54) is 25.3 Å². The number of nitrogens with one attached hydrogen (secondary N) is 1. The molecule has 36 heavy (non-hydrogen) atoms. The van der Waals surface area contributed by atoms with Crippen molar-refractivity contribution in [2.75, 3.05) is 19.5 Å². The molecule has 4 aromatic rings. The van der Waals surface area contributed by atoms with Gasteiger partial charge in [0.25, 0.3) is 11.6 Å². The fourth-order valence-corrected chi connectivity index (χ4v) is 5.07. The third-order valence-corrected chi connectivity index (χ3v) is 6.76. The van der Waals surface area contributed by atoms with Crippen LogP contribution in [0.25, 0.3) is 10.9 Å². The van der Waals surface area contributed by atoms with Crippen LogP contribution in [0.15, 0.2) is 72.9 Å². The van der Waals surface area contributed by atoms with Crippen LogP contribution in [0.1, 0.15) is 33.4 Å². The van der Waals surface area contributed by atoms with Crippen LogP contribution < -0.4 is 10.1 Å². The van der Waals surface area contributed by atoms with Gasteiger partial charge < -0.3 is 19.5 Å². The molecule has 0 aliphatic carbocycles. The molecular formula is C27H24N4O5. The minimum atomic E-state index is -0.779. The standard InChI is InChI=1S/C27H24N4O5/c1-29-15-20(17-8-6-7-11-22(17)29)25-24(18-9-4-5-10-19(18)27(33)30(25)2)26(32)28-21-14-16(31(34)35)12-13-23(21)36-3/h4-15,24-25H,1-3H3,(H,28,32)/t24-,25+/m1/s1. The number of nitro benzene ring substituents is 1. The Balaban J connectivity index is 1.67. The van der Waals surface area contributed by atoms with Crippen molar-refractivity contribution >= 4 is 34.1 Å². The van der Waals surface area contributed by atoms with E-state index in [4.69, 9.17) is 4.74 Å². The summed E-state index contributed by atoms with van der Waals surface area (Å²) >= 11 is 0. The van der Waals surface area contributed by atoms with Crippen LogP contribution in [0.4, 0.5) is 11.4 Å². The first kappa shape index (κ1) is 23.1. The average molecular weight is 485 g/mol. The van der Waals surface area contributed by atoms with Gasteiger partial charge >= 0.3 is 0 Å². The molecule has 1 aliphatic heterocycles. The van der Waals surface area contributed by atoms with Crippen molar-refractivity contribution in [2.24, 2.45) is 7.05 Å². The lowest BCUT2D eigenvalue weighted by molar-refractivity contribution is -0.384. The lowest BCUT2D eigenvalue weighted by Gasteiger charge is -2.39. The van der Waals surface area contributed by atoms with E-state index in [2.05, 4.69) is 5.32 Å². The zero-order chi connectivity index (χ0) is 25.6. The Labute approximate surface area is 207 Å². The van der Waals surface area contributed by atoms with Crippen LogP contribution in [-0.4, -0.2) is 40.4 Å². The molecule has 0 bridgehead atoms. The van der Waals surface area contributed by atoms with Crippen LogP contribution in [0.5, 0.6) is 5.75 Å². The van der Waals surface area contributed by atoms with Gasteiger partial charge in [0.05, 0.1) is 29.7 Å². The zero-order valence-corrected chi connectivity index (χ0v) is 20.0. The number of likely N-dealkylation sites (N-methyl/N-ethyl adjacent to an activating group) is 1. The van der Waals surface area contributed by atoms with E-state index in [0.717, 1.165) is 16.5 Å². The second-order valence-electron chi connectivity index (χ2n) is 8.77. The Morgan fingerprint density at radius 3 is 2.50 bits per heavy atom. The highest BCUT2D eigenvalue weighted by Crippen LogP contribution is 2.45. The minimum absolute atomic E-state index is 0.173. The third-order valence-electron chi connectivity index (χ3n) is 6.76. The molecule has 0 spiro atoms. The van der Waals surface area contributed by atoms with Crippen molar-refractivity contribution in [3.8, 4) is 5.75 Å². The highest BCUT2D eigenvalue weighted by Gasteiger charge is 2.43. The van der Waals surface area contributed by atoms with Crippen LogP contribution in [0.3, 0.4) is 0 Å². The smallest absolute Gasteiger partial charge is 0.271 e. The second kappa shape index (κ2) is 8.84. The van der Waals surface area contributed by atoms with Gasteiger partial charge in [-0.1, -0.05) is 36.4 Å². The molecule has 1 aliphatic rings. The number of fused-ring (bicyclic) bond motifs is 2. The number of nitrogens with zero attached hydrogens (tertiary/aromatic N) is 3. The first-order chi connectivity index (χ1) is 17.3. The number of carbonyl (C=O) groups is 2. The van der Waals surface area contributed by atoms with Crippen LogP contribution >= 0.6 is 0 Å². The number of aryl methyl sites for hydroxylation is 1. The Kier molecular flexibility index (Phi) is 5.68. The maximum absolute atomic E-state index is 14.0. The normalized spacial score (nSPS) is 17.1. The van der Waals surface area contributed by atoms with Gasteiger partial charge in [-0.2, -0.15) is 0 Å². The summed E-state index contributed by atoms with van der Waals surface area (Å²) in [5, 5.41) is 15.1. The number of non-ortho nitro benzene ring substituents is 1. The van der Waals surface area contributed by atoms with Gasteiger partial charge in [0, 0.05) is 54.5 Å². The highest BCUT2D eigenvalue weighted by atomic mass is 16.6. The summed E-state index contributed by atoms with van der Waals surface area (Å²) in [7, 11) is 5.05. The van der Waals surface area contributed by atoms with Crippen LogP contribution in [0.2, 0.25) is 0 Å². The molecule has 9 heteroatoms. The van der Waals surface area contributed by atoms with Gasteiger partial charge in [-0.05, 0) is 23.8 Å². The Morgan fingerprint density at radius 2 is 1.75 bits per heavy atom. The third kappa shape index (κ3) is 3.65. The predicted molar refractivity (Wildman–Crippen MR) is 135 cm³/mol. The molecule has 3 aromatic carbocycles. The van der Waals surface area contributed by atoms with E-state index in [-0.39, 0.29) is 17.3 Å². The number of nitro groups is 1. The number of aromatic nitrogens is 1. The highest BCUT2D eigenvalue weighted by molar-refractivity contribution is 6.05. The predicted octanol–water partition coefficient (Wildman–Crippen LogP) is 4.64. The Hall–Kier alpha value is -4.66. The number of methoxy groups -OCH3 is 1. The molecule has 0 unspecified atom stereocenters. The fraction of sp³-hybridized carbons (Fsp3) is 0.185. The summed E-state index contributed by atoms with van der Waals surface area (Å²) in [6.07, 6.45) is 1.95. The van der Waals surface area contributed by atoms with Crippen molar-refractivity contribution in [2.45, 2.75) is 12.0 Å². The van der Waals surface area contributed by atoms with E-state index in [9.17, 15) is 19.7 Å². The summed E-state index contributed by atoms with van der Waals surface area (Å²) in [5.74, 6) is -1.07. The molecule has 0 saturated carbocycles. The second-order valence-corrected chi connectivity index (χ2v) is 8.77. The largest absolute Gasteiger partial charge is 0.495 e. The first-order valence-electron chi connectivity index (χ1n) is 11.3. The van der Waals surface area contributed by atoms with E-state index in [1.807, 2.05) is 42.1 Å². The number of hydrogen-bond acceptors (Lipinski definition) is 5. The van der Waals surface area contributed by atoms with E-state index in [0.29, 0.717) is 16.9 Å². The lowest BCUT2D eigenvalue weighted by atomic mass is 9.79. The topological polar surface area (TPSA) is 107 Å². The molecule has 2 atom stereocenters. The number of anilines is 1. The summed E-state index contributed by atoms with van der Waals surface area (Å²) < 4.78 is 7.32. The van der Waals surface area contributed by atoms with Crippen molar-refractivity contribution in [1.82, 2.24) is 9.47 Å². The number of rotatable bonds is 5. The molecule has 5 rings (SSSR count). The first-order valence-corrected chi connectivity index (χ1v) is 11.3. The number of ether oxygens (including phenoxy) is 1. The molecule has 1 N–H and O–H groups in total. The summed E-state index contributed by atoms with van der Waals surface area (Å²) in [5.41, 5.74) is 2.87. The van der Waals surface area contributed by atoms with Gasteiger partial charge in [-0.15, -0.1) is 0 Å². The quantitative estimate of drug-likeness (QED) is 0.328. The summed E-state index contributed by atoms with van der Waals surface area (Å²) in [6, 6.07) is 18.3. The van der Waals surface area contributed by atoms with Gasteiger partial charge in [0.15, 0.2) is 0 Å². The molecule has 1 aromatic heterocycles. The molecule has 0 fully saturated rings. The van der Waals surface area contributed by atoms with Crippen molar-refractivity contribution in [3.05, 3.63) is 99.7 Å². The number of benzene rings is 3. The zero-order valence-electron chi connectivity index (χ0n) is 20.0. The summed E-state index contributed by atoms with van der Waals surface area (Å²) in [6.45, 7) is 0. The maximum Gasteiger partial charge on any atom is 0.271 e. The van der Waals surface area contributed by atoms with E-state index >= 15 is 0 Å². The summed E-state index contributed by atoms with van der Waals surface area (Å²) in [4.78, 5) is 39.8. The van der Waals surface area contributed by atoms with Crippen LogP contribution in [-0.2, 0) is 11.8 Å². The fourth-order valence-electron chi connectivity index (χ4n) is 5.07. The van der Waals surface area contributed by atoms with E-state index < -0.39 is 22.8 Å². The van der Waals surface area contributed by atoms with Crippen molar-refractivity contribution in [3.63, 3.8) is 0 Å². The van der Waals surface area contributed by atoms with E-state index in [1.54, 1.807) is 36.2 Å². The maximum atomic E-state index is 14.0. The SMILES string of the molecule is COc1ccc([N+](=O)[O-])cc1NC(=O)[C@@H]1c2ccccc2C(=O)N(C)[C@H]1c1cn(C)c2ccccc12. The van der Waals surface area contributed by atoms with Gasteiger partial charge in [-0.3, -0.25) is 19.7 Å². The minimum Gasteiger partial charge on any atom is -0.495 e. The van der Waals surface area contributed by atoms with Gasteiger partial charge in [0.1, 0.15) is 5.75 Å². The van der Waals surface area contributed by atoms with Gasteiger partial charge in [0.2, 0.25) is 5.91 Å². The number of carbonyl (C=O) groups excluding carboxylic acids is 2. The molecule has 0 saturated heterocycles. The molecule has 182 valence electrons. The van der Waals surface area contributed by atoms with Gasteiger partial charge in [-0.25, -0.2) is 0 Å². The Bertz CT molecular complexity index is 1530.